The molecule has 7 nitrogen and oxygen atoms in total. The quantitative estimate of drug-likeness (QED) is 0.379. The Bertz CT molecular complexity index is 401. The SMILES string of the molecule is CC(C)=CCCC(=CCO[C@@H]1O[C@H](CO)[C@@H](O)[C@H](O)[C@H]1O)CO. The summed E-state index contributed by atoms with van der Waals surface area (Å²) in [7, 11) is 0. The number of aliphatic hydroxyl groups excluding tert-OH is 5. The minimum absolute atomic E-state index is 0.0768. The van der Waals surface area contributed by atoms with Crippen LogP contribution < -0.4 is 0 Å². The Hall–Kier alpha value is -0.800. The van der Waals surface area contributed by atoms with Gasteiger partial charge in [0.05, 0.1) is 19.8 Å². The molecule has 1 heterocycles. The van der Waals surface area contributed by atoms with Crippen molar-refractivity contribution in [3.05, 3.63) is 23.3 Å². The number of rotatable bonds is 8. The zero-order valence-electron chi connectivity index (χ0n) is 13.6. The van der Waals surface area contributed by atoms with E-state index in [1.54, 1.807) is 6.08 Å². The fourth-order valence-corrected chi connectivity index (χ4v) is 2.26. The molecule has 0 unspecified atom stereocenters. The molecule has 5 N–H and O–H groups in total. The van der Waals surface area contributed by atoms with Gasteiger partial charge in [0.15, 0.2) is 6.29 Å². The molecule has 0 aliphatic carbocycles. The molecule has 134 valence electrons. The van der Waals surface area contributed by atoms with E-state index in [0.717, 1.165) is 12.0 Å². The predicted octanol–water partition coefficient (Wildman–Crippen LogP) is -0.532. The van der Waals surface area contributed by atoms with Gasteiger partial charge < -0.3 is 35.0 Å². The van der Waals surface area contributed by atoms with Crippen molar-refractivity contribution in [2.24, 2.45) is 0 Å². The Morgan fingerprint density at radius 1 is 1.04 bits per heavy atom. The Morgan fingerprint density at radius 3 is 2.30 bits per heavy atom. The molecule has 0 radical (unpaired) electrons. The molecule has 1 saturated heterocycles. The maximum Gasteiger partial charge on any atom is 0.187 e. The maximum atomic E-state index is 9.83. The first-order valence-electron chi connectivity index (χ1n) is 7.75. The number of hydrogen-bond acceptors (Lipinski definition) is 7. The van der Waals surface area contributed by atoms with E-state index in [-0.39, 0.29) is 13.2 Å². The Kier molecular flexibility index (Phi) is 8.93. The van der Waals surface area contributed by atoms with Gasteiger partial charge in [0, 0.05) is 0 Å². The first-order chi connectivity index (χ1) is 10.9. The number of allylic oxidation sites excluding steroid dienone is 2. The molecule has 0 aromatic carbocycles. The molecule has 0 bridgehead atoms. The smallest absolute Gasteiger partial charge is 0.187 e. The van der Waals surface area contributed by atoms with Crippen LogP contribution in [-0.2, 0) is 9.47 Å². The van der Waals surface area contributed by atoms with Crippen LogP contribution in [0.5, 0.6) is 0 Å². The van der Waals surface area contributed by atoms with Gasteiger partial charge in [-0.25, -0.2) is 0 Å². The summed E-state index contributed by atoms with van der Waals surface area (Å²) in [4.78, 5) is 0. The van der Waals surface area contributed by atoms with Gasteiger partial charge in [-0.05, 0) is 32.3 Å². The minimum atomic E-state index is -1.45. The second-order valence-electron chi connectivity index (χ2n) is 5.87. The van der Waals surface area contributed by atoms with Gasteiger partial charge in [-0.1, -0.05) is 17.7 Å². The highest BCUT2D eigenvalue weighted by Crippen LogP contribution is 2.22. The standard InChI is InChI=1S/C16H28O7/c1-10(2)4-3-5-11(8-17)6-7-22-16-15(21)14(20)13(19)12(9-18)23-16/h4,6,12-21H,3,5,7-9H2,1-2H3/t12-,13-,14+,15-,16-/m1/s1. The van der Waals surface area contributed by atoms with Crippen molar-refractivity contribution in [1.29, 1.82) is 0 Å². The van der Waals surface area contributed by atoms with E-state index < -0.39 is 37.3 Å². The van der Waals surface area contributed by atoms with Crippen LogP contribution in [0.4, 0.5) is 0 Å². The highest BCUT2D eigenvalue weighted by Gasteiger charge is 2.43. The predicted molar refractivity (Wildman–Crippen MR) is 83.6 cm³/mol. The fraction of sp³-hybridized carbons (Fsp3) is 0.750. The van der Waals surface area contributed by atoms with Crippen molar-refractivity contribution in [3.8, 4) is 0 Å². The molecular formula is C16H28O7. The van der Waals surface area contributed by atoms with Crippen LogP contribution in [-0.4, -0.2) is 76.1 Å². The zero-order valence-corrected chi connectivity index (χ0v) is 13.6. The maximum absolute atomic E-state index is 9.83. The summed E-state index contributed by atoms with van der Waals surface area (Å²) in [5, 5.41) is 47.6. The van der Waals surface area contributed by atoms with Gasteiger partial charge in [-0.15, -0.1) is 0 Å². The van der Waals surface area contributed by atoms with Crippen molar-refractivity contribution in [2.45, 2.75) is 57.4 Å². The van der Waals surface area contributed by atoms with E-state index in [2.05, 4.69) is 6.08 Å². The largest absolute Gasteiger partial charge is 0.394 e. The first kappa shape index (κ1) is 20.2. The molecule has 0 aromatic rings. The van der Waals surface area contributed by atoms with E-state index in [0.29, 0.717) is 6.42 Å². The molecule has 1 aliphatic rings. The second kappa shape index (κ2) is 10.1. The average molecular weight is 332 g/mol. The molecule has 1 aliphatic heterocycles. The van der Waals surface area contributed by atoms with Crippen LogP contribution in [0, 0.1) is 0 Å². The molecule has 23 heavy (non-hydrogen) atoms. The van der Waals surface area contributed by atoms with Crippen LogP contribution in [0.3, 0.4) is 0 Å². The summed E-state index contributed by atoms with van der Waals surface area (Å²) in [6, 6.07) is 0. The van der Waals surface area contributed by atoms with Gasteiger partial charge in [0.1, 0.15) is 24.4 Å². The Morgan fingerprint density at radius 2 is 1.74 bits per heavy atom. The molecule has 5 atom stereocenters. The van der Waals surface area contributed by atoms with Crippen LogP contribution in [0.1, 0.15) is 26.7 Å². The molecule has 0 aromatic heterocycles. The molecule has 0 spiro atoms. The van der Waals surface area contributed by atoms with Crippen LogP contribution in [0.15, 0.2) is 23.3 Å². The van der Waals surface area contributed by atoms with E-state index in [1.165, 1.54) is 5.57 Å². The number of ether oxygens (including phenoxy) is 2. The van der Waals surface area contributed by atoms with Crippen molar-refractivity contribution in [3.63, 3.8) is 0 Å². The highest BCUT2D eigenvalue weighted by molar-refractivity contribution is 5.05. The van der Waals surface area contributed by atoms with E-state index in [4.69, 9.17) is 14.6 Å². The van der Waals surface area contributed by atoms with Crippen molar-refractivity contribution < 1.29 is 35.0 Å². The van der Waals surface area contributed by atoms with Gasteiger partial charge in [0.2, 0.25) is 0 Å². The second-order valence-corrected chi connectivity index (χ2v) is 5.87. The fourth-order valence-electron chi connectivity index (χ4n) is 2.26. The third-order valence-corrected chi connectivity index (χ3v) is 3.70. The Balaban J connectivity index is 2.51. The lowest BCUT2D eigenvalue weighted by atomic mass is 9.99. The first-order valence-corrected chi connectivity index (χ1v) is 7.75. The summed E-state index contributed by atoms with van der Waals surface area (Å²) in [5.74, 6) is 0. The van der Waals surface area contributed by atoms with Crippen LogP contribution in [0.2, 0.25) is 0 Å². The van der Waals surface area contributed by atoms with Gasteiger partial charge in [0.25, 0.3) is 0 Å². The molecule has 1 rings (SSSR count). The van der Waals surface area contributed by atoms with E-state index >= 15 is 0 Å². The molecular weight excluding hydrogens is 304 g/mol. The molecule has 1 fully saturated rings. The van der Waals surface area contributed by atoms with Crippen molar-refractivity contribution in [1.82, 2.24) is 0 Å². The molecule has 0 amide bonds. The molecule has 7 heteroatoms. The summed E-state index contributed by atoms with van der Waals surface area (Å²) in [5.41, 5.74) is 2.01. The lowest BCUT2D eigenvalue weighted by molar-refractivity contribution is -0.298. The van der Waals surface area contributed by atoms with Crippen molar-refractivity contribution >= 4 is 0 Å². The van der Waals surface area contributed by atoms with Gasteiger partial charge in [-0.2, -0.15) is 0 Å². The topological polar surface area (TPSA) is 120 Å². The van der Waals surface area contributed by atoms with Crippen LogP contribution >= 0.6 is 0 Å². The third-order valence-electron chi connectivity index (χ3n) is 3.70. The highest BCUT2D eigenvalue weighted by atomic mass is 16.7. The summed E-state index contributed by atoms with van der Waals surface area (Å²) in [6.07, 6.45) is -1.13. The monoisotopic (exact) mass is 332 g/mol. The summed E-state index contributed by atoms with van der Waals surface area (Å²) in [6.45, 7) is 3.50. The average Bonchev–Trinajstić information content (AvgIpc) is 2.52. The number of hydrogen-bond donors (Lipinski definition) is 5. The minimum Gasteiger partial charge on any atom is -0.394 e. The van der Waals surface area contributed by atoms with Crippen LogP contribution in [0.25, 0.3) is 0 Å². The summed E-state index contributed by atoms with van der Waals surface area (Å²) < 4.78 is 10.6. The normalized spacial score (nSPS) is 32.0. The van der Waals surface area contributed by atoms with E-state index in [9.17, 15) is 20.4 Å². The third kappa shape index (κ3) is 6.31. The van der Waals surface area contributed by atoms with E-state index in [1.807, 2.05) is 13.8 Å². The lowest BCUT2D eigenvalue weighted by Crippen LogP contribution is -2.59. The summed E-state index contributed by atoms with van der Waals surface area (Å²) >= 11 is 0. The number of aliphatic hydroxyl groups is 5. The van der Waals surface area contributed by atoms with Gasteiger partial charge >= 0.3 is 0 Å². The zero-order chi connectivity index (χ0) is 17.4. The van der Waals surface area contributed by atoms with Gasteiger partial charge in [-0.3, -0.25) is 0 Å². The Labute approximate surface area is 136 Å². The van der Waals surface area contributed by atoms with Crippen molar-refractivity contribution in [2.75, 3.05) is 19.8 Å². The molecule has 0 saturated carbocycles. The lowest BCUT2D eigenvalue weighted by Gasteiger charge is -2.39.